The van der Waals surface area contributed by atoms with Crippen LogP contribution in [0.3, 0.4) is 0 Å². The van der Waals surface area contributed by atoms with Gasteiger partial charge in [0.25, 0.3) is 0 Å². The van der Waals surface area contributed by atoms with E-state index in [0.717, 1.165) is 23.9 Å². The highest BCUT2D eigenvalue weighted by molar-refractivity contribution is 5.51. The van der Waals surface area contributed by atoms with E-state index in [1.807, 2.05) is 24.0 Å². The molecule has 7 heteroatoms. The van der Waals surface area contributed by atoms with Crippen molar-refractivity contribution < 1.29 is 9.47 Å². The fourth-order valence-electron chi connectivity index (χ4n) is 2.13. The predicted octanol–water partition coefficient (Wildman–Crippen LogP) is 1.99. The van der Waals surface area contributed by atoms with Crippen LogP contribution in [0.5, 0.6) is 0 Å². The summed E-state index contributed by atoms with van der Waals surface area (Å²) in [5, 5.41) is 7.58. The van der Waals surface area contributed by atoms with Crippen LogP contribution >= 0.6 is 0 Å². The van der Waals surface area contributed by atoms with Gasteiger partial charge in [-0.05, 0) is 13.8 Å². The first kappa shape index (κ1) is 15.5. The topological polar surface area (TPSA) is 66.1 Å². The van der Waals surface area contributed by atoms with Crippen molar-refractivity contribution in [1.82, 2.24) is 19.3 Å². The van der Waals surface area contributed by atoms with Crippen LogP contribution in [-0.4, -0.2) is 46.8 Å². The van der Waals surface area contributed by atoms with Crippen LogP contribution in [0.15, 0.2) is 18.6 Å². The Kier molecular flexibility index (Phi) is 5.35. The van der Waals surface area contributed by atoms with Crippen LogP contribution in [0, 0.1) is 6.92 Å². The van der Waals surface area contributed by atoms with Gasteiger partial charge in [0.15, 0.2) is 0 Å². The van der Waals surface area contributed by atoms with Crippen LogP contribution in [0.2, 0.25) is 0 Å². The van der Waals surface area contributed by atoms with E-state index < -0.39 is 0 Å². The molecule has 1 N–H and O–H groups in total. The first-order chi connectivity index (χ1) is 10.1. The third kappa shape index (κ3) is 4.05. The number of methoxy groups -OCH3 is 2. The Hall–Kier alpha value is -1.86. The summed E-state index contributed by atoms with van der Waals surface area (Å²) >= 11 is 0. The van der Waals surface area contributed by atoms with Gasteiger partial charge >= 0.3 is 0 Å². The Morgan fingerprint density at radius 1 is 1.29 bits per heavy atom. The van der Waals surface area contributed by atoms with Crippen molar-refractivity contribution in [2.45, 2.75) is 26.4 Å². The smallest absolute Gasteiger partial charge is 0.207 e. The summed E-state index contributed by atoms with van der Waals surface area (Å²) in [7, 11) is 3.38. The number of nitrogens with zero attached hydrogens (tertiary/aromatic N) is 4. The van der Waals surface area contributed by atoms with E-state index in [2.05, 4.69) is 26.9 Å². The minimum Gasteiger partial charge on any atom is -0.383 e. The molecular formula is C14H23N5O2. The summed E-state index contributed by atoms with van der Waals surface area (Å²) in [5.41, 5.74) is 1.87. The van der Waals surface area contributed by atoms with E-state index in [1.165, 1.54) is 0 Å². The molecule has 2 aromatic rings. The number of anilines is 2. The molecule has 0 aromatic carbocycles. The number of aryl methyl sites for hydroxylation is 1. The molecule has 2 aromatic heterocycles. The molecule has 0 aliphatic carbocycles. The molecule has 0 saturated carbocycles. The quantitative estimate of drug-likeness (QED) is 0.806. The van der Waals surface area contributed by atoms with Gasteiger partial charge in [0, 0.05) is 26.6 Å². The lowest BCUT2D eigenvalue weighted by atomic mass is 10.3. The van der Waals surface area contributed by atoms with Gasteiger partial charge in [0.1, 0.15) is 0 Å². The number of hydrogen-bond acceptors (Lipinski definition) is 5. The minimum absolute atomic E-state index is 0.210. The van der Waals surface area contributed by atoms with Gasteiger partial charge in [0.2, 0.25) is 5.95 Å². The van der Waals surface area contributed by atoms with Crippen LogP contribution in [0.4, 0.5) is 11.6 Å². The molecule has 0 saturated heterocycles. The molecule has 2 heterocycles. The molecular weight excluding hydrogens is 270 g/mol. The summed E-state index contributed by atoms with van der Waals surface area (Å²) in [6, 6.07) is 0.210. The van der Waals surface area contributed by atoms with Crippen molar-refractivity contribution in [2.75, 3.05) is 32.8 Å². The lowest BCUT2D eigenvalue weighted by Crippen LogP contribution is -2.12. The fourth-order valence-corrected chi connectivity index (χ4v) is 2.13. The number of nitrogens with one attached hydrogen (secondary N) is 1. The second-order valence-corrected chi connectivity index (χ2v) is 5.03. The lowest BCUT2D eigenvalue weighted by molar-refractivity contribution is 0.163. The van der Waals surface area contributed by atoms with Crippen molar-refractivity contribution in [1.29, 1.82) is 0 Å². The Bertz CT molecular complexity index is 563. The third-order valence-corrected chi connectivity index (χ3v) is 3.15. The van der Waals surface area contributed by atoms with Crippen LogP contribution in [0.25, 0.3) is 0 Å². The van der Waals surface area contributed by atoms with Gasteiger partial charge in [-0.25, -0.2) is 4.98 Å². The number of rotatable bonds is 8. The van der Waals surface area contributed by atoms with Crippen LogP contribution in [0.1, 0.15) is 18.7 Å². The van der Waals surface area contributed by atoms with E-state index in [1.54, 1.807) is 20.4 Å². The molecule has 0 aliphatic heterocycles. The highest BCUT2D eigenvalue weighted by Crippen LogP contribution is 2.20. The van der Waals surface area contributed by atoms with Crippen LogP contribution in [-0.2, 0) is 16.0 Å². The maximum atomic E-state index is 5.21. The molecule has 0 radical (unpaired) electrons. The zero-order valence-electron chi connectivity index (χ0n) is 13.0. The number of ether oxygens (including phenoxy) is 2. The Balaban J connectivity index is 2.10. The molecule has 0 bridgehead atoms. The van der Waals surface area contributed by atoms with Crippen molar-refractivity contribution >= 4 is 11.6 Å². The first-order valence-corrected chi connectivity index (χ1v) is 6.97. The number of aromatic nitrogens is 4. The van der Waals surface area contributed by atoms with Crippen molar-refractivity contribution in [3.63, 3.8) is 0 Å². The Morgan fingerprint density at radius 2 is 2.10 bits per heavy atom. The molecule has 0 amide bonds. The van der Waals surface area contributed by atoms with Gasteiger partial charge in [-0.1, -0.05) is 0 Å². The standard InChI is InChI=1S/C14H23N5O2/c1-11-8-19(12(2)10-21-4)14(16-11)17-13-7-15-18(9-13)5-6-20-3/h7-9,12H,5-6,10H2,1-4H3,(H,16,17). The molecule has 0 spiro atoms. The van der Waals surface area contributed by atoms with Gasteiger partial charge in [-0.2, -0.15) is 5.10 Å². The molecule has 2 rings (SSSR count). The van der Waals surface area contributed by atoms with Gasteiger partial charge < -0.3 is 19.4 Å². The SMILES string of the molecule is COCCn1cc(Nc2nc(C)cn2C(C)COC)cn1. The normalized spacial score (nSPS) is 12.6. The van der Waals surface area contributed by atoms with Crippen LogP contribution < -0.4 is 5.32 Å². The van der Waals surface area contributed by atoms with E-state index in [-0.39, 0.29) is 6.04 Å². The molecule has 1 unspecified atom stereocenters. The third-order valence-electron chi connectivity index (χ3n) is 3.15. The summed E-state index contributed by atoms with van der Waals surface area (Å²) in [4.78, 5) is 4.52. The molecule has 0 aliphatic rings. The summed E-state index contributed by atoms with van der Waals surface area (Å²) in [6.07, 6.45) is 5.74. The summed E-state index contributed by atoms with van der Waals surface area (Å²) < 4.78 is 14.2. The van der Waals surface area contributed by atoms with E-state index in [0.29, 0.717) is 13.2 Å². The summed E-state index contributed by atoms with van der Waals surface area (Å²) in [6.45, 7) is 6.07. The number of imidazole rings is 1. The highest BCUT2D eigenvalue weighted by Gasteiger charge is 2.12. The van der Waals surface area contributed by atoms with E-state index in [9.17, 15) is 0 Å². The van der Waals surface area contributed by atoms with E-state index >= 15 is 0 Å². The maximum Gasteiger partial charge on any atom is 0.207 e. The molecule has 1 atom stereocenters. The number of hydrogen-bond donors (Lipinski definition) is 1. The van der Waals surface area contributed by atoms with Gasteiger partial charge in [0.05, 0.1) is 43.4 Å². The molecule has 7 nitrogen and oxygen atoms in total. The molecule has 21 heavy (non-hydrogen) atoms. The monoisotopic (exact) mass is 293 g/mol. The summed E-state index contributed by atoms with van der Waals surface area (Å²) in [5.74, 6) is 0.795. The maximum absolute atomic E-state index is 5.21. The minimum atomic E-state index is 0.210. The highest BCUT2D eigenvalue weighted by atomic mass is 16.5. The Morgan fingerprint density at radius 3 is 2.81 bits per heavy atom. The fraction of sp³-hybridized carbons (Fsp3) is 0.571. The largest absolute Gasteiger partial charge is 0.383 e. The van der Waals surface area contributed by atoms with Crippen molar-refractivity contribution in [3.8, 4) is 0 Å². The average Bonchev–Trinajstić information content (AvgIpc) is 3.04. The second-order valence-electron chi connectivity index (χ2n) is 5.03. The van der Waals surface area contributed by atoms with Crippen molar-refractivity contribution in [3.05, 3.63) is 24.3 Å². The predicted molar refractivity (Wildman–Crippen MR) is 80.9 cm³/mol. The second kappa shape index (κ2) is 7.24. The lowest BCUT2D eigenvalue weighted by Gasteiger charge is -2.15. The van der Waals surface area contributed by atoms with E-state index in [4.69, 9.17) is 9.47 Å². The first-order valence-electron chi connectivity index (χ1n) is 6.97. The van der Waals surface area contributed by atoms with Crippen molar-refractivity contribution in [2.24, 2.45) is 0 Å². The average molecular weight is 293 g/mol. The molecule has 116 valence electrons. The zero-order valence-corrected chi connectivity index (χ0v) is 13.0. The van der Waals surface area contributed by atoms with Gasteiger partial charge in [-0.3, -0.25) is 4.68 Å². The zero-order chi connectivity index (χ0) is 15.2. The van der Waals surface area contributed by atoms with Gasteiger partial charge in [-0.15, -0.1) is 0 Å². The Labute approximate surface area is 124 Å². The molecule has 0 fully saturated rings.